The highest BCUT2D eigenvalue weighted by Crippen LogP contribution is 1.98. The lowest BCUT2D eigenvalue weighted by Crippen LogP contribution is -2.32. The van der Waals surface area contributed by atoms with E-state index in [1.54, 1.807) is 0 Å². The number of rotatable bonds is 7. The van der Waals surface area contributed by atoms with Crippen LogP contribution in [0.3, 0.4) is 0 Å². The average Bonchev–Trinajstić information content (AvgIpc) is 2.03. The Labute approximate surface area is 75.1 Å². The standard InChI is InChI=1S/C9H21NO2/c1-4-12-6-5-10-7-9(11)8(2)3/h8-11H,4-7H2,1-3H3. The molecule has 0 rings (SSSR count). The number of hydrogen-bond acceptors (Lipinski definition) is 3. The summed E-state index contributed by atoms with van der Waals surface area (Å²) < 4.78 is 5.13. The third kappa shape index (κ3) is 6.58. The van der Waals surface area contributed by atoms with Crippen molar-refractivity contribution in [2.45, 2.75) is 26.9 Å². The van der Waals surface area contributed by atoms with E-state index in [4.69, 9.17) is 4.74 Å². The van der Waals surface area contributed by atoms with Gasteiger partial charge in [0.15, 0.2) is 0 Å². The number of nitrogens with one attached hydrogen (secondary N) is 1. The molecule has 0 aliphatic carbocycles. The summed E-state index contributed by atoms with van der Waals surface area (Å²) in [5.74, 6) is 0.324. The van der Waals surface area contributed by atoms with Gasteiger partial charge in [0.2, 0.25) is 0 Å². The molecule has 2 N–H and O–H groups in total. The largest absolute Gasteiger partial charge is 0.392 e. The van der Waals surface area contributed by atoms with Gasteiger partial charge in [-0.25, -0.2) is 0 Å². The van der Waals surface area contributed by atoms with E-state index in [1.807, 2.05) is 20.8 Å². The summed E-state index contributed by atoms with van der Waals surface area (Å²) >= 11 is 0. The molecular formula is C9H21NO2. The van der Waals surface area contributed by atoms with Crippen LogP contribution in [0.1, 0.15) is 20.8 Å². The van der Waals surface area contributed by atoms with E-state index in [0.29, 0.717) is 12.5 Å². The van der Waals surface area contributed by atoms with Gasteiger partial charge in [0.25, 0.3) is 0 Å². The Morgan fingerprint density at radius 2 is 2.08 bits per heavy atom. The summed E-state index contributed by atoms with van der Waals surface area (Å²) in [6.07, 6.45) is -0.244. The van der Waals surface area contributed by atoms with Crippen LogP contribution < -0.4 is 5.32 Å². The first-order valence-electron chi connectivity index (χ1n) is 4.65. The fourth-order valence-electron chi connectivity index (χ4n) is 0.774. The molecular weight excluding hydrogens is 154 g/mol. The summed E-state index contributed by atoms with van der Waals surface area (Å²) in [7, 11) is 0. The highest BCUT2D eigenvalue weighted by molar-refractivity contribution is 4.62. The molecule has 0 aromatic carbocycles. The van der Waals surface area contributed by atoms with Crippen LogP contribution in [0, 0.1) is 5.92 Å². The molecule has 0 aliphatic heterocycles. The fraction of sp³-hybridized carbons (Fsp3) is 1.00. The molecule has 74 valence electrons. The van der Waals surface area contributed by atoms with Crippen molar-refractivity contribution in [2.24, 2.45) is 5.92 Å². The smallest absolute Gasteiger partial charge is 0.0687 e. The first kappa shape index (κ1) is 11.9. The van der Waals surface area contributed by atoms with E-state index in [2.05, 4.69) is 5.32 Å². The maximum absolute atomic E-state index is 9.38. The maximum atomic E-state index is 9.38. The van der Waals surface area contributed by atoms with Crippen LogP contribution in [0.4, 0.5) is 0 Å². The first-order valence-corrected chi connectivity index (χ1v) is 4.65. The molecule has 0 bridgehead atoms. The predicted molar refractivity (Wildman–Crippen MR) is 50.2 cm³/mol. The van der Waals surface area contributed by atoms with Gasteiger partial charge in [-0.1, -0.05) is 13.8 Å². The van der Waals surface area contributed by atoms with Crippen molar-refractivity contribution in [3.05, 3.63) is 0 Å². The van der Waals surface area contributed by atoms with Crippen molar-refractivity contribution in [3.8, 4) is 0 Å². The van der Waals surface area contributed by atoms with E-state index in [0.717, 1.165) is 19.8 Å². The number of ether oxygens (including phenoxy) is 1. The number of hydrogen-bond donors (Lipinski definition) is 2. The zero-order valence-corrected chi connectivity index (χ0v) is 8.34. The zero-order chi connectivity index (χ0) is 9.40. The SMILES string of the molecule is CCOCCNCC(O)C(C)C. The Bertz CT molecular complexity index is 96.5. The van der Waals surface area contributed by atoms with Gasteiger partial charge in [-0.3, -0.25) is 0 Å². The molecule has 1 atom stereocenters. The minimum atomic E-state index is -0.244. The minimum absolute atomic E-state index is 0.244. The monoisotopic (exact) mass is 175 g/mol. The summed E-state index contributed by atoms with van der Waals surface area (Å²) in [5.41, 5.74) is 0. The molecule has 3 heteroatoms. The van der Waals surface area contributed by atoms with E-state index >= 15 is 0 Å². The molecule has 0 heterocycles. The fourth-order valence-corrected chi connectivity index (χ4v) is 0.774. The molecule has 0 aliphatic rings. The predicted octanol–water partition coefficient (Wildman–Crippen LogP) is 0.629. The lowest BCUT2D eigenvalue weighted by molar-refractivity contribution is 0.113. The van der Waals surface area contributed by atoms with Gasteiger partial charge in [-0.2, -0.15) is 0 Å². The van der Waals surface area contributed by atoms with Crippen LogP contribution in [-0.4, -0.2) is 37.5 Å². The van der Waals surface area contributed by atoms with Crippen LogP contribution in [0.2, 0.25) is 0 Å². The first-order chi connectivity index (χ1) is 5.68. The Hall–Kier alpha value is -0.120. The second-order valence-corrected chi connectivity index (χ2v) is 3.21. The molecule has 0 fully saturated rings. The van der Waals surface area contributed by atoms with Crippen molar-refractivity contribution in [1.82, 2.24) is 5.32 Å². The van der Waals surface area contributed by atoms with Crippen LogP contribution >= 0.6 is 0 Å². The molecule has 0 spiro atoms. The summed E-state index contributed by atoms with van der Waals surface area (Å²) in [5, 5.41) is 12.5. The second kappa shape index (κ2) is 7.53. The van der Waals surface area contributed by atoms with Crippen molar-refractivity contribution in [2.75, 3.05) is 26.3 Å². The van der Waals surface area contributed by atoms with Crippen LogP contribution in [0.15, 0.2) is 0 Å². The molecule has 3 nitrogen and oxygen atoms in total. The highest BCUT2D eigenvalue weighted by atomic mass is 16.5. The topological polar surface area (TPSA) is 41.5 Å². The molecule has 12 heavy (non-hydrogen) atoms. The highest BCUT2D eigenvalue weighted by Gasteiger charge is 2.06. The third-order valence-electron chi connectivity index (χ3n) is 1.75. The summed E-state index contributed by atoms with van der Waals surface area (Å²) in [6, 6.07) is 0. The lowest BCUT2D eigenvalue weighted by Gasteiger charge is -2.14. The normalized spacial score (nSPS) is 13.8. The van der Waals surface area contributed by atoms with E-state index in [-0.39, 0.29) is 6.10 Å². The van der Waals surface area contributed by atoms with E-state index in [1.165, 1.54) is 0 Å². The van der Waals surface area contributed by atoms with Gasteiger partial charge in [-0.15, -0.1) is 0 Å². The number of aliphatic hydroxyl groups excluding tert-OH is 1. The van der Waals surface area contributed by atoms with Crippen molar-refractivity contribution in [1.29, 1.82) is 0 Å². The second-order valence-electron chi connectivity index (χ2n) is 3.21. The van der Waals surface area contributed by atoms with E-state index in [9.17, 15) is 5.11 Å². The Balaban J connectivity index is 3.08. The van der Waals surface area contributed by atoms with Gasteiger partial charge >= 0.3 is 0 Å². The lowest BCUT2D eigenvalue weighted by atomic mass is 10.1. The van der Waals surface area contributed by atoms with Gasteiger partial charge in [0.1, 0.15) is 0 Å². The van der Waals surface area contributed by atoms with Crippen molar-refractivity contribution < 1.29 is 9.84 Å². The third-order valence-corrected chi connectivity index (χ3v) is 1.75. The Morgan fingerprint density at radius 3 is 2.58 bits per heavy atom. The van der Waals surface area contributed by atoms with Gasteiger partial charge in [0, 0.05) is 19.7 Å². The molecule has 0 amide bonds. The van der Waals surface area contributed by atoms with Crippen molar-refractivity contribution in [3.63, 3.8) is 0 Å². The molecule has 0 saturated carbocycles. The van der Waals surface area contributed by atoms with Crippen LogP contribution in [0.5, 0.6) is 0 Å². The molecule has 0 radical (unpaired) electrons. The molecule has 0 aromatic rings. The van der Waals surface area contributed by atoms with Gasteiger partial charge in [0.05, 0.1) is 12.7 Å². The van der Waals surface area contributed by atoms with Gasteiger partial charge < -0.3 is 15.2 Å². The molecule has 0 saturated heterocycles. The van der Waals surface area contributed by atoms with Crippen molar-refractivity contribution >= 4 is 0 Å². The van der Waals surface area contributed by atoms with Gasteiger partial charge in [-0.05, 0) is 12.8 Å². The average molecular weight is 175 g/mol. The molecule has 0 aromatic heterocycles. The van der Waals surface area contributed by atoms with Crippen LogP contribution in [-0.2, 0) is 4.74 Å². The Morgan fingerprint density at radius 1 is 1.42 bits per heavy atom. The minimum Gasteiger partial charge on any atom is -0.392 e. The van der Waals surface area contributed by atoms with Crippen LogP contribution in [0.25, 0.3) is 0 Å². The zero-order valence-electron chi connectivity index (χ0n) is 8.34. The summed E-state index contributed by atoms with van der Waals surface area (Å²) in [6.45, 7) is 8.95. The van der Waals surface area contributed by atoms with E-state index < -0.39 is 0 Å². The quantitative estimate of drug-likeness (QED) is 0.558. The summed E-state index contributed by atoms with van der Waals surface area (Å²) in [4.78, 5) is 0. The maximum Gasteiger partial charge on any atom is 0.0687 e. The molecule has 1 unspecified atom stereocenters. The number of aliphatic hydroxyl groups is 1. The Kier molecular flexibility index (Phi) is 7.45.